The van der Waals surface area contributed by atoms with Gasteiger partial charge in [-0.3, -0.25) is 4.79 Å². The number of carbonyl (C=O) groups is 1. The fourth-order valence-electron chi connectivity index (χ4n) is 1.25. The summed E-state index contributed by atoms with van der Waals surface area (Å²) in [6.45, 7) is 1.84. The summed E-state index contributed by atoms with van der Waals surface area (Å²) in [6, 6.07) is 4.79. The molecule has 1 aromatic rings. The van der Waals surface area contributed by atoms with Crippen LogP contribution in [0.5, 0.6) is 0 Å². The van der Waals surface area contributed by atoms with E-state index in [2.05, 4.69) is 5.32 Å². The van der Waals surface area contributed by atoms with Crippen LogP contribution >= 0.6 is 23.2 Å². The van der Waals surface area contributed by atoms with E-state index in [0.717, 1.165) is 0 Å². The van der Waals surface area contributed by atoms with Crippen molar-refractivity contribution in [2.24, 2.45) is 0 Å². The zero-order valence-electron chi connectivity index (χ0n) is 8.84. The number of benzene rings is 1. The van der Waals surface area contributed by atoms with E-state index in [1.54, 1.807) is 18.2 Å². The Hall–Kier alpha value is -0.770. The number of nitrogens with one attached hydrogen (secondary N) is 1. The molecule has 0 fully saturated rings. The predicted molar refractivity (Wildman–Crippen MR) is 65.1 cm³/mol. The molecule has 0 aliphatic heterocycles. The van der Waals surface area contributed by atoms with E-state index in [-0.39, 0.29) is 23.6 Å². The quantitative estimate of drug-likeness (QED) is 0.875. The van der Waals surface area contributed by atoms with E-state index in [4.69, 9.17) is 28.3 Å². The molecule has 3 nitrogen and oxygen atoms in total. The third-order valence-corrected chi connectivity index (χ3v) is 2.95. The van der Waals surface area contributed by atoms with Gasteiger partial charge in [0.25, 0.3) is 5.91 Å². The van der Waals surface area contributed by atoms with Gasteiger partial charge in [-0.25, -0.2) is 0 Å². The first-order valence-corrected chi connectivity index (χ1v) is 5.67. The maximum atomic E-state index is 11.8. The highest BCUT2D eigenvalue weighted by Crippen LogP contribution is 2.25. The van der Waals surface area contributed by atoms with Gasteiger partial charge in [0.1, 0.15) is 0 Å². The van der Waals surface area contributed by atoms with Crippen molar-refractivity contribution in [2.45, 2.75) is 19.4 Å². The second kappa shape index (κ2) is 6.09. The Morgan fingerprint density at radius 1 is 1.50 bits per heavy atom. The summed E-state index contributed by atoms with van der Waals surface area (Å²) in [5.41, 5.74) is 0.346. The first-order chi connectivity index (χ1) is 7.56. The minimum absolute atomic E-state index is 0.0325. The van der Waals surface area contributed by atoms with Crippen LogP contribution in [0.25, 0.3) is 0 Å². The molecule has 16 heavy (non-hydrogen) atoms. The second-order valence-corrected chi connectivity index (χ2v) is 4.27. The van der Waals surface area contributed by atoms with Crippen LogP contribution in [0.4, 0.5) is 0 Å². The zero-order chi connectivity index (χ0) is 12.1. The van der Waals surface area contributed by atoms with Crippen LogP contribution in [-0.2, 0) is 0 Å². The molecule has 0 spiro atoms. The van der Waals surface area contributed by atoms with Crippen molar-refractivity contribution in [1.82, 2.24) is 5.32 Å². The molecule has 0 saturated heterocycles. The number of carbonyl (C=O) groups excluding carboxylic acids is 1. The number of rotatable bonds is 4. The largest absolute Gasteiger partial charge is 0.396 e. The molecule has 2 N–H and O–H groups in total. The van der Waals surface area contributed by atoms with E-state index < -0.39 is 0 Å². The topological polar surface area (TPSA) is 49.3 Å². The van der Waals surface area contributed by atoms with Crippen molar-refractivity contribution in [1.29, 1.82) is 0 Å². The number of hydrogen-bond acceptors (Lipinski definition) is 2. The molecule has 0 radical (unpaired) electrons. The average molecular weight is 262 g/mol. The number of hydrogen-bond donors (Lipinski definition) is 2. The van der Waals surface area contributed by atoms with E-state index in [1.807, 2.05) is 6.92 Å². The molecule has 1 aromatic carbocycles. The van der Waals surface area contributed by atoms with Crippen molar-refractivity contribution in [3.63, 3.8) is 0 Å². The standard InChI is InChI=1S/C11H13Cl2NO2/c1-7(5-6-15)14-11(16)8-3-2-4-9(12)10(8)13/h2-4,7,15H,5-6H2,1H3,(H,14,16). The van der Waals surface area contributed by atoms with Gasteiger partial charge in [0.2, 0.25) is 0 Å². The molecular formula is C11H13Cl2NO2. The molecule has 5 heteroatoms. The summed E-state index contributed by atoms with van der Waals surface area (Å²) < 4.78 is 0. The van der Waals surface area contributed by atoms with E-state index in [0.29, 0.717) is 17.0 Å². The van der Waals surface area contributed by atoms with Crippen molar-refractivity contribution in [2.75, 3.05) is 6.61 Å². The predicted octanol–water partition coefficient (Wildman–Crippen LogP) is 2.49. The first kappa shape index (κ1) is 13.3. The Morgan fingerprint density at radius 3 is 2.81 bits per heavy atom. The van der Waals surface area contributed by atoms with Crippen molar-refractivity contribution < 1.29 is 9.90 Å². The van der Waals surface area contributed by atoms with Gasteiger partial charge in [-0.1, -0.05) is 29.3 Å². The molecular weight excluding hydrogens is 249 g/mol. The van der Waals surface area contributed by atoms with Gasteiger partial charge in [0.15, 0.2) is 0 Å². The lowest BCUT2D eigenvalue weighted by atomic mass is 10.2. The Kier molecular flexibility index (Phi) is 5.06. The van der Waals surface area contributed by atoms with Gasteiger partial charge in [-0.05, 0) is 25.5 Å². The Labute approximate surface area is 104 Å². The third kappa shape index (κ3) is 3.37. The lowest BCUT2D eigenvalue weighted by molar-refractivity contribution is 0.0934. The fraction of sp³-hybridized carbons (Fsp3) is 0.364. The number of aliphatic hydroxyl groups excluding tert-OH is 1. The van der Waals surface area contributed by atoms with Crippen LogP contribution in [0.1, 0.15) is 23.7 Å². The second-order valence-electron chi connectivity index (χ2n) is 3.49. The van der Waals surface area contributed by atoms with Crippen LogP contribution in [0.15, 0.2) is 18.2 Å². The molecule has 1 atom stereocenters. The lowest BCUT2D eigenvalue weighted by Crippen LogP contribution is -2.33. The van der Waals surface area contributed by atoms with Gasteiger partial charge in [0.05, 0.1) is 15.6 Å². The highest BCUT2D eigenvalue weighted by Gasteiger charge is 2.14. The van der Waals surface area contributed by atoms with Crippen molar-refractivity contribution in [3.8, 4) is 0 Å². The fourth-order valence-corrected chi connectivity index (χ4v) is 1.63. The zero-order valence-corrected chi connectivity index (χ0v) is 10.3. The molecule has 0 aromatic heterocycles. The smallest absolute Gasteiger partial charge is 0.253 e. The van der Waals surface area contributed by atoms with E-state index >= 15 is 0 Å². The number of amides is 1. The molecule has 0 saturated carbocycles. The molecule has 88 valence electrons. The number of halogens is 2. The molecule has 0 bridgehead atoms. The highest BCUT2D eigenvalue weighted by molar-refractivity contribution is 6.43. The molecule has 0 heterocycles. The Balaban J connectivity index is 2.77. The van der Waals surface area contributed by atoms with Gasteiger partial charge in [-0.15, -0.1) is 0 Å². The van der Waals surface area contributed by atoms with Crippen LogP contribution < -0.4 is 5.32 Å². The number of aliphatic hydroxyl groups is 1. The molecule has 1 amide bonds. The summed E-state index contributed by atoms with van der Waals surface area (Å²) >= 11 is 11.7. The Morgan fingerprint density at radius 2 is 2.19 bits per heavy atom. The molecule has 0 aliphatic rings. The van der Waals surface area contributed by atoms with Crippen molar-refractivity contribution >= 4 is 29.1 Å². The molecule has 1 rings (SSSR count). The van der Waals surface area contributed by atoms with Crippen molar-refractivity contribution in [3.05, 3.63) is 33.8 Å². The minimum atomic E-state index is -0.284. The maximum absolute atomic E-state index is 11.8. The average Bonchev–Trinajstić information content (AvgIpc) is 2.22. The Bertz CT molecular complexity index is 382. The van der Waals surface area contributed by atoms with E-state index in [1.165, 1.54) is 0 Å². The molecule has 0 aliphatic carbocycles. The summed E-state index contributed by atoms with van der Waals surface area (Å²) in [6.07, 6.45) is 0.504. The summed E-state index contributed by atoms with van der Waals surface area (Å²) in [5.74, 6) is -0.284. The van der Waals surface area contributed by atoms with Gasteiger partial charge < -0.3 is 10.4 Å². The van der Waals surface area contributed by atoms with E-state index in [9.17, 15) is 4.79 Å². The monoisotopic (exact) mass is 261 g/mol. The summed E-state index contributed by atoms with van der Waals surface area (Å²) in [7, 11) is 0. The minimum Gasteiger partial charge on any atom is -0.396 e. The SMILES string of the molecule is CC(CCO)NC(=O)c1cccc(Cl)c1Cl. The highest BCUT2D eigenvalue weighted by atomic mass is 35.5. The van der Waals surface area contributed by atoms with Crippen LogP contribution in [-0.4, -0.2) is 23.7 Å². The van der Waals surface area contributed by atoms with Gasteiger partial charge in [0, 0.05) is 12.6 Å². The molecule has 1 unspecified atom stereocenters. The van der Waals surface area contributed by atoms with Crippen LogP contribution in [0, 0.1) is 0 Å². The summed E-state index contributed by atoms with van der Waals surface area (Å²) in [4.78, 5) is 11.8. The lowest BCUT2D eigenvalue weighted by Gasteiger charge is -2.13. The van der Waals surface area contributed by atoms with Crippen LogP contribution in [0.2, 0.25) is 10.0 Å². The normalized spacial score (nSPS) is 12.2. The summed E-state index contributed by atoms with van der Waals surface area (Å²) in [5, 5.41) is 12.0. The maximum Gasteiger partial charge on any atom is 0.253 e. The van der Waals surface area contributed by atoms with Gasteiger partial charge >= 0.3 is 0 Å². The van der Waals surface area contributed by atoms with Crippen LogP contribution in [0.3, 0.4) is 0 Å². The van der Waals surface area contributed by atoms with Gasteiger partial charge in [-0.2, -0.15) is 0 Å². The third-order valence-electron chi connectivity index (χ3n) is 2.14. The first-order valence-electron chi connectivity index (χ1n) is 4.92.